The topological polar surface area (TPSA) is 38.3 Å². The van der Waals surface area contributed by atoms with Crippen LogP contribution >= 0.6 is 0 Å². The first-order valence-corrected chi connectivity index (χ1v) is 8.77. The van der Waals surface area contributed by atoms with Gasteiger partial charge in [0, 0.05) is 24.6 Å². The zero-order valence-corrected chi connectivity index (χ0v) is 14.0. The van der Waals surface area contributed by atoms with Crippen LogP contribution in [0.3, 0.4) is 0 Å². The quantitative estimate of drug-likeness (QED) is 0.924. The molecule has 24 heavy (non-hydrogen) atoms. The number of amides is 1. The number of nitrogens with one attached hydrogen (secondary N) is 1. The molecule has 2 aliphatic carbocycles. The number of rotatable bonds is 4. The summed E-state index contributed by atoms with van der Waals surface area (Å²) in [6.07, 6.45) is 4.42. The molecule has 1 amide bonds. The van der Waals surface area contributed by atoms with Crippen molar-refractivity contribution in [1.29, 1.82) is 0 Å². The molecule has 1 unspecified atom stereocenters. The lowest BCUT2D eigenvalue weighted by Crippen LogP contribution is -2.27. The number of carbonyl (C=O) groups is 1. The molecule has 1 saturated carbocycles. The van der Waals surface area contributed by atoms with E-state index in [-0.39, 0.29) is 18.1 Å². The van der Waals surface area contributed by atoms with Gasteiger partial charge in [0.05, 0.1) is 6.10 Å². The molecule has 2 aliphatic rings. The lowest BCUT2D eigenvalue weighted by atomic mass is 9.88. The van der Waals surface area contributed by atoms with Crippen molar-refractivity contribution in [3.8, 4) is 0 Å². The van der Waals surface area contributed by atoms with Gasteiger partial charge in [-0.1, -0.05) is 36.4 Å². The summed E-state index contributed by atoms with van der Waals surface area (Å²) in [6.45, 7) is 0. The van der Waals surface area contributed by atoms with E-state index in [9.17, 15) is 4.79 Å². The first-order valence-electron chi connectivity index (χ1n) is 8.77. The molecular formula is C21H23NO2. The van der Waals surface area contributed by atoms with Crippen LogP contribution in [0.5, 0.6) is 0 Å². The van der Waals surface area contributed by atoms with E-state index in [1.54, 1.807) is 7.11 Å². The molecule has 4 rings (SSSR count). The second-order valence-electron chi connectivity index (χ2n) is 6.86. The Morgan fingerprint density at radius 3 is 2.79 bits per heavy atom. The van der Waals surface area contributed by atoms with Crippen molar-refractivity contribution in [1.82, 2.24) is 5.32 Å². The van der Waals surface area contributed by atoms with E-state index in [0.717, 1.165) is 31.2 Å². The second kappa shape index (κ2) is 6.40. The van der Waals surface area contributed by atoms with Crippen LogP contribution in [0.15, 0.2) is 48.5 Å². The summed E-state index contributed by atoms with van der Waals surface area (Å²) >= 11 is 0. The van der Waals surface area contributed by atoms with Crippen LogP contribution in [-0.2, 0) is 11.2 Å². The minimum absolute atomic E-state index is 0.0293. The molecule has 3 atom stereocenters. The van der Waals surface area contributed by atoms with Crippen molar-refractivity contribution in [2.45, 2.75) is 43.7 Å². The molecule has 0 aromatic heterocycles. The third-order valence-electron chi connectivity index (χ3n) is 5.29. The Balaban J connectivity index is 1.46. The highest BCUT2D eigenvalue weighted by Crippen LogP contribution is 2.41. The smallest absolute Gasteiger partial charge is 0.251 e. The number of hydrogen-bond acceptors (Lipinski definition) is 2. The number of hydrogen-bond donors (Lipinski definition) is 1. The van der Waals surface area contributed by atoms with Gasteiger partial charge in [0.2, 0.25) is 0 Å². The summed E-state index contributed by atoms with van der Waals surface area (Å²) in [5, 5.41) is 3.18. The van der Waals surface area contributed by atoms with Crippen molar-refractivity contribution in [2.75, 3.05) is 7.11 Å². The van der Waals surface area contributed by atoms with Crippen molar-refractivity contribution < 1.29 is 9.53 Å². The molecule has 0 saturated heterocycles. The Morgan fingerprint density at radius 2 is 2.00 bits per heavy atom. The van der Waals surface area contributed by atoms with E-state index in [2.05, 4.69) is 35.6 Å². The minimum Gasteiger partial charge on any atom is -0.377 e. The monoisotopic (exact) mass is 321 g/mol. The second-order valence-corrected chi connectivity index (χ2v) is 6.86. The molecular weight excluding hydrogens is 298 g/mol. The summed E-state index contributed by atoms with van der Waals surface area (Å²) in [6, 6.07) is 16.7. The molecule has 124 valence electrons. The molecule has 3 nitrogen and oxygen atoms in total. The van der Waals surface area contributed by atoms with Crippen LogP contribution in [0.2, 0.25) is 0 Å². The first kappa shape index (κ1) is 15.4. The normalized spacial score (nSPS) is 25.0. The van der Waals surface area contributed by atoms with Crippen LogP contribution < -0.4 is 5.32 Å². The minimum atomic E-state index is 0.0293. The van der Waals surface area contributed by atoms with E-state index in [4.69, 9.17) is 4.74 Å². The Hall–Kier alpha value is -2.13. The number of carbonyl (C=O) groups excluding carboxylic acids is 1. The van der Waals surface area contributed by atoms with Crippen LogP contribution in [-0.4, -0.2) is 19.1 Å². The van der Waals surface area contributed by atoms with Gasteiger partial charge in [-0.3, -0.25) is 4.79 Å². The molecule has 2 aromatic rings. The summed E-state index contributed by atoms with van der Waals surface area (Å²) in [4.78, 5) is 12.6. The number of methoxy groups -OCH3 is 1. The van der Waals surface area contributed by atoms with Crippen molar-refractivity contribution in [3.05, 3.63) is 70.8 Å². The maximum atomic E-state index is 12.6. The van der Waals surface area contributed by atoms with Gasteiger partial charge in [-0.15, -0.1) is 0 Å². The predicted molar refractivity (Wildman–Crippen MR) is 94.2 cm³/mol. The van der Waals surface area contributed by atoms with E-state index < -0.39 is 0 Å². The maximum Gasteiger partial charge on any atom is 0.251 e. The van der Waals surface area contributed by atoms with Gasteiger partial charge in [0.25, 0.3) is 5.91 Å². The molecule has 0 bridgehead atoms. The van der Waals surface area contributed by atoms with Gasteiger partial charge in [-0.05, 0) is 54.5 Å². The van der Waals surface area contributed by atoms with Gasteiger partial charge < -0.3 is 10.1 Å². The number of fused-ring (bicyclic) bond motifs is 1. The highest BCUT2D eigenvalue weighted by Gasteiger charge is 2.39. The average Bonchev–Trinajstić information content (AvgIpc) is 3.40. The number of ether oxygens (including phenoxy) is 1. The third-order valence-corrected chi connectivity index (χ3v) is 5.29. The fraction of sp³-hybridized carbons (Fsp3) is 0.381. The summed E-state index contributed by atoms with van der Waals surface area (Å²) in [5.74, 6) is 0.487. The van der Waals surface area contributed by atoms with Crippen molar-refractivity contribution in [3.63, 3.8) is 0 Å². The molecule has 0 heterocycles. The van der Waals surface area contributed by atoms with E-state index in [1.807, 2.05) is 18.2 Å². The zero-order valence-electron chi connectivity index (χ0n) is 14.0. The van der Waals surface area contributed by atoms with Crippen molar-refractivity contribution >= 4 is 5.91 Å². The summed E-state index contributed by atoms with van der Waals surface area (Å²) < 4.78 is 5.59. The molecule has 2 aromatic carbocycles. The summed E-state index contributed by atoms with van der Waals surface area (Å²) in [5.41, 5.74) is 4.56. The molecule has 1 fully saturated rings. The van der Waals surface area contributed by atoms with E-state index in [1.165, 1.54) is 16.7 Å². The Morgan fingerprint density at radius 1 is 1.17 bits per heavy atom. The van der Waals surface area contributed by atoms with Gasteiger partial charge in [-0.25, -0.2) is 0 Å². The molecule has 0 spiro atoms. The van der Waals surface area contributed by atoms with Gasteiger partial charge in [0.15, 0.2) is 0 Å². The molecule has 0 aliphatic heterocycles. The third kappa shape index (κ3) is 2.96. The maximum absolute atomic E-state index is 12.6. The predicted octanol–water partition coefficient (Wildman–Crippen LogP) is 4.00. The fourth-order valence-corrected chi connectivity index (χ4v) is 3.82. The Labute approximate surface area is 143 Å². The van der Waals surface area contributed by atoms with Crippen LogP contribution in [0.4, 0.5) is 0 Å². The van der Waals surface area contributed by atoms with Gasteiger partial charge in [0.1, 0.15) is 0 Å². The lowest BCUT2D eigenvalue weighted by Gasteiger charge is -2.24. The zero-order chi connectivity index (χ0) is 16.5. The highest BCUT2D eigenvalue weighted by molar-refractivity contribution is 5.95. The van der Waals surface area contributed by atoms with Crippen LogP contribution in [0.1, 0.15) is 58.3 Å². The van der Waals surface area contributed by atoms with Gasteiger partial charge in [-0.2, -0.15) is 0 Å². The average molecular weight is 321 g/mol. The lowest BCUT2D eigenvalue weighted by molar-refractivity contribution is 0.0876. The standard InChI is InChI=1S/C21H23NO2/c1-24-20-9-5-8-15-10-11-16(12-18(15)20)21(23)22-19-13-17(19)14-6-3-2-4-7-14/h2-4,6-7,10-12,17,19-20H,5,8-9,13H2,1H3,(H,22,23)/t17-,19+,20?/m1/s1. The van der Waals surface area contributed by atoms with Gasteiger partial charge >= 0.3 is 0 Å². The first-order chi connectivity index (χ1) is 11.8. The van der Waals surface area contributed by atoms with Crippen LogP contribution in [0.25, 0.3) is 0 Å². The summed E-state index contributed by atoms with van der Waals surface area (Å²) in [7, 11) is 1.75. The highest BCUT2D eigenvalue weighted by atomic mass is 16.5. The Bertz CT molecular complexity index is 741. The molecule has 3 heteroatoms. The Kier molecular flexibility index (Phi) is 4.11. The van der Waals surface area contributed by atoms with Crippen molar-refractivity contribution in [2.24, 2.45) is 0 Å². The van der Waals surface area contributed by atoms with Crippen LogP contribution in [0, 0.1) is 0 Å². The molecule has 1 N–H and O–H groups in total. The van der Waals surface area contributed by atoms with E-state index in [0.29, 0.717) is 5.92 Å². The fourth-order valence-electron chi connectivity index (χ4n) is 3.82. The number of aryl methyl sites for hydroxylation is 1. The molecule has 0 radical (unpaired) electrons. The SMILES string of the molecule is COC1CCCc2ccc(C(=O)N[C@H]3C[C@@H]3c3ccccc3)cc21. The van der Waals surface area contributed by atoms with E-state index >= 15 is 0 Å². The number of benzene rings is 2. The largest absolute Gasteiger partial charge is 0.377 e.